The SMILES string of the molecule is CCOC(=O)C1=C(C)NC(=O)N[C@@H]1c1ccc(OCC(=O)N/N=C/c2cc(Br)c(OCC#N)c([N+](=O)[O-])c2)c(OC)c1. The Balaban J connectivity index is 1.69. The quantitative estimate of drug-likeness (QED) is 0.133. The van der Waals surface area contributed by atoms with Gasteiger partial charge in [0, 0.05) is 17.3 Å². The van der Waals surface area contributed by atoms with Crippen LogP contribution in [0.3, 0.4) is 0 Å². The topological polar surface area (TPSA) is 204 Å². The Bertz CT molecular complexity index is 1500. The second kappa shape index (κ2) is 14.5. The summed E-state index contributed by atoms with van der Waals surface area (Å²) in [6.07, 6.45) is 1.18. The fourth-order valence-electron chi connectivity index (χ4n) is 3.82. The van der Waals surface area contributed by atoms with Crippen LogP contribution in [0.15, 0.2) is 51.2 Å². The van der Waals surface area contributed by atoms with E-state index < -0.39 is 41.2 Å². The van der Waals surface area contributed by atoms with Crippen LogP contribution >= 0.6 is 15.9 Å². The van der Waals surface area contributed by atoms with Crippen molar-refractivity contribution in [1.29, 1.82) is 5.26 Å². The lowest BCUT2D eigenvalue weighted by molar-refractivity contribution is -0.385. The van der Waals surface area contributed by atoms with Crippen molar-refractivity contribution >= 4 is 45.7 Å². The summed E-state index contributed by atoms with van der Waals surface area (Å²) in [5.74, 6) is -0.912. The number of esters is 1. The first-order chi connectivity index (χ1) is 20.1. The molecule has 0 aromatic heterocycles. The van der Waals surface area contributed by atoms with Crippen molar-refractivity contribution in [2.75, 3.05) is 26.9 Å². The van der Waals surface area contributed by atoms with Gasteiger partial charge in [0.25, 0.3) is 5.91 Å². The number of nitrogens with zero attached hydrogens (tertiary/aromatic N) is 3. The van der Waals surface area contributed by atoms with E-state index in [9.17, 15) is 24.5 Å². The number of methoxy groups -OCH3 is 1. The molecule has 15 nitrogen and oxygen atoms in total. The summed E-state index contributed by atoms with van der Waals surface area (Å²) >= 11 is 3.17. The summed E-state index contributed by atoms with van der Waals surface area (Å²) < 4.78 is 21.4. The number of halogens is 1. The van der Waals surface area contributed by atoms with Gasteiger partial charge >= 0.3 is 17.7 Å². The zero-order valence-corrected chi connectivity index (χ0v) is 24.1. The van der Waals surface area contributed by atoms with Crippen molar-refractivity contribution in [3.8, 4) is 23.3 Å². The van der Waals surface area contributed by atoms with Crippen molar-refractivity contribution in [2.24, 2.45) is 5.10 Å². The molecule has 3 N–H and O–H groups in total. The number of hydrazone groups is 1. The van der Waals surface area contributed by atoms with E-state index in [0.717, 1.165) is 0 Å². The van der Waals surface area contributed by atoms with Crippen LogP contribution in [0, 0.1) is 21.4 Å². The second-order valence-electron chi connectivity index (χ2n) is 8.34. The molecule has 16 heteroatoms. The van der Waals surface area contributed by atoms with E-state index in [4.69, 9.17) is 24.2 Å². The highest BCUT2D eigenvalue weighted by Gasteiger charge is 2.32. The fraction of sp³-hybridized carbons (Fsp3) is 0.269. The molecule has 0 fully saturated rings. The lowest BCUT2D eigenvalue weighted by Crippen LogP contribution is -2.45. The van der Waals surface area contributed by atoms with E-state index in [2.05, 4.69) is 37.1 Å². The minimum atomic E-state index is -0.818. The standard InChI is InChI=1S/C26H25BrN6O9/c1-4-40-25(35)22-14(2)30-26(36)31-23(22)16-5-6-19(20(11-16)39-3)42-13-21(34)32-29-12-15-9-17(27)24(41-8-7-28)18(10-15)33(37)38/h5-6,9-12,23H,4,8,13H2,1-3H3,(H,32,34)(H2,30,31,36)/b29-12+/t23-/m1/s1. The summed E-state index contributed by atoms with van der Waals surface area (Å²) in [6, 6.07) is 7.74. The van der Waals surface area contributed by atoms with Gasteiger partial charge in [0.15, 0.2) is 24.7 Å². The molecule has 220 valence electrons. The highest BCUT2D eigenvalue weighted by atomic mass is 79.9. The average Bonchev–Trinajstić information content (AvgIpc) is 2.94. The lowest BCUT2D eigenvalue weighted by Gasteiger charge is -2.28. The predicted octanol–water partition coefficient (Wildman–Crippen LogP) is 2.99. The van der Waals surface area contributed by atoms with Crippen molar-refractivity contribution in [3.05, 3.63) is 67.3 Å². The van der Waals surface area contributed by atoms with Gasteiger partial charge in [0.2, 0.25) is 5.75 Å². The van der Waals surface area contributed by atoms with Gasteiger partial charge in [0.05, 0.1) is 40.9 Å². The highest BCUT2D eigenvalue weighted by Crippen LogP contribution is 2.36. The monoisotopic (exact) mass is 644 g/mol. The first kappa shape index (κ1) is 31.4. The van der Waals surface area contributed by atoms with Gasteiger partial charge in [-0.15, -0.1) is 0 Å². The third-order valence-corrected chi connectivity index (χ3v) is 6.16. The van der Waals surface area contributed by atoms with Crippen LogP contribution in [0.4, 0.5) is 10.5 Å². The van der Waals surface area contributed by atoms with Gasteiger partial charge in [-0.3, -0.25) is 14.9 Å². The number of urea groups is 1. The normalized spacial score (nSPS) is 14.4. The fourth-order valence-corrected chi connectivity index (χ4v) is 4.40. The Morgan fingerprint density at radius 1 is 1.26 bits per heavy atom. The number of allylic oxidation sites excluding steroid dienone is 1. The van der Waals surface area contributed by atoms with Gasteiger partial charge in [-0.25, -0.2) is 15.0 Å². The van der Waals surface area contributed by atoms with E-state index in [0.29, 0.717) is 11.3 Å². The molecule has 0 bridgehead atoms. The maximum Gasteiger partial charge on any atom is 0.338 e. The van der Waals surface area contributed by atoms with Gasteiger partial charge in [-0.2, -0.15) is 10.4 Å². The molecular formula is C26H25BrN6O9. The number of amides is 3. The highest BCUT2D eigenvalue weighted by molar-refractivity contribution is 9.10. The van der Waals surface area contributed by atoms with E-state index >= 15 is 0 Å². The van der Waals surface area contributed by atoms with Crippen molar-refractivity contribution in [2.45, 2.75) is 19.9 Å². The third-order valence-electron chi connectivity index (χ3n) is 5.57. The number of rotatable bonds is 12. The van der Waals surface area contributed by atoms with Gasteiger partial charge in [-0.1, -0.05) is 6.07 Å². The third kappa shape index (κ3) is 7.73. The summed E-state index contributed by atoms with van der Waals surface area (Å²) in [5.41, 5.74) is 3.22. The number of nitro groups is 1. The summed E-state index contributed by atoms with van der Waals surface area (Å²) in [6.45, 7) is 2.58. The maximum absolute atomic E-state index is 12.6. The molecule has 1 atom stereocenters. The number of nitrogens with one attached hydrogen (secondary N) is 3. The predicted molar refractivity (Wildman–Crippen MR) is 150 cm³/mol. The molecule has 3 amide bonds. The van der Waals surface area contributed by atoms with Gasteiger partial charge in [0.1, 0.15) is 6.07 Å². The van der Waals surface area contributed by atoms with Crippen molar-refractivity contribution < 1.29 is 38.3 Å². The second-order valence-corrected chi connectivity index (χ2v) is 9.19. The Kier molecular flexibility index (Phi) is 10.8. The molecule has 1 aliphatic rings. The van der Waals surface area contributed by atoms with Crippen LogP contribution in [0.1, 0.15) is 31.0 Å². The van der Waals surface area contributed by atoms with E-state index in [-0.39, 0.29) is 46.1 Å². The molecule has 0 aliphatic carbocycles. The van der Waals surface area contributed by atoms with Crippen LogP contribution in [0.5, 0.6) is 17.2 Å². The number of hydrogen-bond acceptors (Lipinski definition) is 11. The molecule has 0 unspecified atom stereocenters. The number of carbonyl (C=O) groups excluding carboxylic acids is 3. The van der Waals surface area contributed by atoms with Crippen molar-refractivity contribution in [1.82, 2.24) is 16.1 Å². The Hall–Kier alpha value is -5.17. The number of benzene rings is 2. The Labute approximate surface area is 247 Å². The number of hydrogen-bond donors (Lipinski definition) is 3. The van der Waals surface area contributed by atoms with Crippen molar-refractivity contribution in [3.63, 3.8) is 0 Å². The van der Waals surface area contributed by atoms with Crippen LogP contribution in [-0.4, -0.2) is 56.0 Å². The number of ether oxygens (including phenoxy) is 4. The van der Waals surface area contributed by atoms with Crippen LogP contribution < -0.4 is 30.3 Å². The lowest BCUT2D eigenvalue weighted by atomic mass is 9.95. The largest absolute Gasteiger partial charge is 0.493 e. The smallest absolute Gasteiger partial charge is 0.338 e. The minimum Gasteiger partial charge on any atom is -0.493 e. The average molecular weight is 645 g/mol. The molecular weight excluding hydrogens is 620 g/mol. The molecule has 2 aromatic carbocycles. The van der Waals surface area contributed by atoms with Crippen LogP contribution in [-0.2, 0) is 14.3 Å². The van der Waals surface area contributed by atoms with E-state index in [1.165, 1.54) is 31.5 Å². The molecule has 42 heavy (non-hydrogen) atoms. The first-order valence-corrected chi connectivity index (χ1v) is 12.9. The number of nitriles is 1. The number of nitro benzene ring substituents is 1. The van der Waals surface area contributed by atoms with Gasteiger partial charge < -0.3 is 29.6 Å². The van der Waals surface area contributed by atoms with Crippen LogP contribution in [0.2, 0.25) is 0 Å². The molecule has 3 rings (SSSR count). The molecule has 0 saturated carbocycles. The maximum atomic E-state index is 12.6. The Morgan fingerprint density at radius 2 is 2.02 bits per heavy atom. The van der Waals surface area contributed by atoms with Crippen LogP contribution in [0.25, 0.3) is 0 Å². The summed E-state index contributed by atoms with van der Waals surface area (Å²) in [4.78, 5) is 47.7. The molecule has 2 aromatic rings. The summed E-state index contributed by atoms with van der Waals surface area (Å²) in [7, 11) is 1.39. The molecule has 0 spiro atoms. The summed E-state index contributed by atoms with van der Waals surface area (Å²) in [5, 5.41) is 29.1. The van der Waals surface area contributed by atoms with E-state index in [1.807, 2.05) is 0 Å². The first-order valence-electron chi connectivity index (χ1n) is 12.1. The minimum absolute atomic E-state index is 0.109. The molecule has 0 saturated heterocycles. The molecule has 0 radical (unpaired) electrons. The molecule has 1 aliphatic heterocycles. The molecule has 1 heterocycles. The zero-order valence-electron chi connectivity index (χ0n) is 22.6. The van der Waals surface area contributed by atoms with Gasteiger partial charge in [-0.05, 0) is 53.5 Å². The van der Waals surface area contributed by atoms with E-state index in [1.54, 1.807) is 32.0 Å². The number of carbonyl (C=O) groups is 3. The zero-order chi connectivity index (χ0) is 30.8. The Morgan fingerprint density at radius 3 is 2.69 bits per heavy atom.